The van der Waals surface area contributed by atoms with Crippen LogP contribution >= 0.6 is 24.0 Å². The Labute approximate surface area is 155 Å². The lowest BCUT2D eigenvalue weighted by Gasteiger charge is -2.13. The predicted molar refractivity (Wildman–Crippen MR) is 105 cm³/mol. The molecule has 0 unspecified atom stereocenters. The number of amides is 1. The zero-order valence-corrected chi connectivity index (χ0v) is 16.5. The maximum atomic E-state index is 11.9. The molecule has 7 heteroatoms. The molecule has 0 aliphatic carbocycles. The van der Waals surface area contributed by atoms with Gasteiger partial charge in [-0.05, 0) is 30.2 Å². The number of methoxy groups -OCH3 is 1. The fourth-order valence-electron chi connectivity index (χ4n) is 1.72. The number of rotatable bonds is 7. The van der Waals surface area contributed by atoms with E-state index in [-0.39, 0.29) is 29.9 Å². The van der Waals surface area contributed by atoms with Crippen LogP contribution in [0.4, 0.5) is 0 Å². The molecule has 0 bridgehead atoms. The smallest absolute Gasteiger partial charge is 0.251 e. The van der Waals surface area contributed by atoms with Crippen molar-refractivity contribution < 1.29 is 9.53 Å². The van der Waals surface area contributed by atoms with E-state index in [1.807, 2.05) is 0 Å². The van der Waals surface area contributed by atoms with Gasteiger partial charge in [0, 0.05) is 32.2 Å². The highest BCUT2D eigenvalue weighted by molar-refractivity contribution is 14.0. The summed E-state index contributed by atoms with van der Waals surface area (Å²) in [5.41, 5.74) is 0.614. The molecule has 1 rings (SSSR count). The molecule has 0 fully saturated rings. The van der Waals surface area contributed by atoms with E-state index in [4.69, 9.17) is 4.74 Å². The van der Waals surface area contributed by atoms with Gasteiger partial charge in [0.2, 0.25) is 0 Å². The number of hydrogen-bond donors (Lipinski definition) is 3. The lowest BCUT2D eigenvalue weighted by Crippen LogP contribution is -2.42. The van der Waals surface area contributed by atoms with E-state index < -0.39 is 0 Å². The quantitative estimate of drug-likeness (QED) is 0.265. The summed E-state index contributed by atoms with van der Waals surface area (Å²) in [4.78, 5) is 16.1. The van der Waals surface area contributed by atoms with E-state index in [1.54, 1.807) is 38.4 Å². The first-order valence-electron chi connectivity index (χ1n) is 7.43. The van der Waals surface area contributed by atoms with Crippen molar-refractivity contribution in [3.63, 3.8) is 0 Å². The SMILES string of the molecule is CN=C(NCCNC(=O)c1ccc(OC)cc1)NCC(C)C.I. The normalized spacial score (nSPS) is 10.7. The fourth-order valence-corrected chi connectivity index (χ4v) is 1.72. The molecular weight excluding hydrogens is 407 g/mol. The van der Waals surface area contributed by atoms with Crippen molar-refractivity contribution in [3.8, 4) is 5.75 Å². The Hall–Kier alpha value is -1.51. The Bertz CT molecular complexity index is 489. The number of ether oxygens (including phenoxy) is 1. The Morgan fingerprint density at radius 2 is 1.74 bits per heavy atom. The first kappa shape index (κ1) is 21.5. The number of aliphatic imine (C=N–C) groups is 1. The first-order valence-corrected chi connectivity index (χ1v) is 7.43. The maximum Gasteiger partial charge on any atom is 0.251 e. The summed E-state index contributed by atoms with van der Waals surface area (Å²) in [5, 5.41) is 9.22. The molecule has 0 aliphatic heterocycles. The number of nitrogens with one attached hydrogen (secondary N) is 3. The molecule has 0 saturated heterocycles. The molecule has 3 N–H and O–H groups in total. The summed E-state index contributed by atoms with van der Waals surface area (Å²) < 4.78 is 5.06. The van der Waals surface area contributed by atoms with Crippen LogP contribution in [0.2, 0.25) is 0 Å². The third-order valence-electron chi connectivity index (χ3n) is 2.96. The van der Waals surface area contributed by atoms with Crippen LogP contribution < -0.4 is 20.7 Å². The number of carbonyl (C=O) groups is 1. The number of halogens is 1. The van der Waals surface area contributed by atoms with Crippen molar-refractivity contribution in [1.82, 2.24) is 16.0 Å². The monoisotopic (exact) mass is 434 g/mol. The molecule has 130 valence electrons. The van der Waals surface area contributed by atoms with Gasteiger partial charge in [-0.25, -0.2) is 0 Å². The van der Waals surface area contributed by atoms with Crippen LogP contribution in [0.3, 0.4) is 0 Å². The average Bonchev–Trinajstić information content (AvgIpc) is 2.53. The van der Waals surface area contributed by atoms with E-state index >= 15 is 0 Å². The Morgan fingerprint density at radius 3 is 2.26 bits per heavy atom. The second-order valence-corrected chi connectivity index (χ2v) is 5.26. The molecule has 6 nitrogen and oxygen atoms in total. The fraction of sp³-hybridized carbons (Fsp3) is 0.500. The van der Waals surface area contributed by atoms with Crippen LogP contribution in [-0.4, -0.2) is 45.7 Å². The van der Waals surface area contributed by atoms with Crippen LogP contribution in [0.15, 0.2) is 29.3 Å². The van der Waals surface area contributed by atoms with E-state index in [9.17, 15) is 4.79 Å². The van der Waals surface area contributed by atoms with Crippen molar-refractivity contribution in [3.05, 3.63) is 29.8 Å². The lowest BCUT2D eigenvalue weighted by atomic mass is 10.2. The van der Waals surface area contributed by atoms with Gasteiger partial charge >= 0.3 is 0 Å². The van der Waals surface area contributed by atoms with E-state index in [0.29, 0.717) is 24.6 Å². The van der Waals surface area contributed by atoms with E-state index in [2.05, 4.69) is 34.8 Å². The van der Waals surface area contributed by atoms with E-state index in [1.165, 1.54) is 0 Å². The van der Waals surface area contributed by atoms with Crippen LogP contribution in [0.5, 0.6) is 5.75 Å². The highest BCUT2D eigenvalue weighted by atomic mass is 127. The van der Waals surface area contributed by atoms with E-state index in [0.717, 1.165) is 18.3 Å². The Kier molecular flexibility index (Phi) is 11.2. The molecule has 0 saturated carbocycles. The van der Waals surface area contributed by atoms with Gasteiger partial charge in [-0.15, -0.1) is 24.0 Å². The molecule has 0 heterocycles. The largest absolute Gasteiger partial charge is 0.497 e. The van der Waals surface area contributed by atoms with Crippen molar-refractivity contribution in [2.45, 2.75) is 13.8 Å². The third-order valence-corrected chi connectivity index (χ3v) is 2.96. The lowest BCUT2D eigenvalue weighted by molar-refractivity contribution is 0.0954. The van der Waals surface area contributed by atoms with Crippen molar-refractivity contribution in [2.75, 3.05) is 33.8 Å². The minimum atomic E-state index is -0.102. The first-order chi connectivity index (χ1) is 10.6. The molecule has 0 atom stereocenters. The number of nitrogens with zero attached hydrogens (tertiary/aromatic N) is 1. The van der Waals surface area contributed by atoms with Crippen LogP contribution in [0, 0.1) is 5.92 Å². The van der Waals surface area contributed by atoms with Gasteiger partial charge in [0.05, 0.1) is 7.11 Å². The summed E-state index contributed by atoms with van der Waals surface area (Å²) in [6.07, 6.45) is 0. The van der Waals surface area contributed by atoms with Gasteiger partial charge in [-0.2, -0.15) is 0 Å². The molecule has 1 aromatic carbocycles. The second-order valence-electron chi connectivity index (χ2n) is 5.26. The second kappa shape index (κ2) is 12.0. The van der Waals surface area contributed by atoms with Gasteiger partial charge < -0.3 is 20.7 Å². The number of hydrogen-bond acceptors (Lipinski definition) is 3. The molecule has 0 aliphatic rings. The molecule has 1 aromatic rings. The van der Waals surface area contributed by atoms with Gasteiger partial charge in [-0.1, -0.05) is 13.8 Å². The Morgan fingerprint density at radius 1 is 1.13 bits per heavy atom. The number of benzene rings is 1. The molecular formula is C16H27IN4O2. The summed E-state index contributed by atoms with van der Waals surface area (Å²) in [6.45, 7) is 6.26. The summed E-state index contributed by atoms with van der Waals surface area (Å²) in [7, 11) is 3.33. The van der Waals surface area contributed by atoms with Gasteiger partial charge in [0.25, 0.3) is 5.91 Å². The molecule has 0 radical (unpaired) electrons. The zero-order chi connectivity index (χ0) is 16.4. The van der Waals surface area contributed by atoms with Crippen LogP contribution in [0.25, 0.3) is 0 Å². The Balaban J connectivity index is 0.00000484. The summed E-state index contributed by atoms with van der Waals surface area (Å²) in [5.74, 6) is 1.92. The van der Waals surface area contributed by atoms with Gasteiger partial charge in [0.15, 0.2) is 5.96 Å². The third kappa shape index (κ3) is 8.63. The maximum absolute atomic E-state index is 11.9. The van der Waals surface area contributed by atoms with Crippen molar-refractivity contribution in [2.24, 2.45) is 10.9 Å². The minimum Gasteiger partial charge on any atom is -0.497 e. The topological polar surface area (TPSA) is 74.8 Å². The van der Waals surface area contributed by atoms with Crippen molar-refractivity contribution >= 4 is 35.8 Å². The molecule has 23 heavy (non-hydrogen) atoms. The predicted octanol–water partition coefficient (Wildman–Crippen LogP) is 1.86. The minimum absolute atomic E-state index is 0. The summed E-state index contributed by atoms with van der Waals surface area (Å²) in [6, 6.07) is 7.02. The highest BCUT2D eigenvalue weighted by Gasteiger charge is 2.05. The highest BCUT2D eigenvalue weighted by Crippen LogP contribution is 2.10. The van der Waals surface area contributed by atoms with Crippen LogP contribution in [0.1, 0.15) is 24.2 Å². The molecule has 0 spiro atoms. The average molecular weight is 434 g/mol. The zero-order valence-electron chi connectivity index (χ0n) is 14.2. The number of guanidine groups is 1. The molecule has 1 amide bonds. The van der Waals surface area contributed by atoms with Crippen LogP contribution in [-0.2, 0) is 0 Å². The van der Waals surface area contributed by atoms with Crippen molar-refractivity contribution in [1.29, 1.82) is 0 Å². The molecule has 0 aromatic heterocycles. The van der Waals surface area contributed by atoms with Gasteiger partial charge in [0.1, 0.15) is 5.75 Å². The van der Waals surface area contributed by atoms with Gasteiger partial charge in [-0.3, -0.25) is 9.79 Å². The summed E-state index contributed by atoms with van der Waals surface area (Å²) >= 11 is 0. The number of carbonyl (C=O) groups excluding carboxylic acids is 1. The standard InChI is InChI=1S/C16H26N4O2.HI/c1-12(2)11-20-16(17-3)19-10-9-18-15(21)13-5-7-14(22-4)8-6-13;/h5-8,12H,9-11H2,1-4H3,(H,18,21)(H2,17,19,20);1H.